The number of epoxide rings is 2. The van der Waals surface area contributed by atoms with Crippen LogP contribution < -0.4 is 0 Å². The van der Waals surface area contributed by atoms with Gasteiger partial charge in [-0.05, 0) is 6.42 Å². The summed E-state index contributed by atoms with van der Waals surface area (Å²) in [4.78, 5) is 11.0. The SMILES string of the molecule is O=C(C=CCC1CO1)OCC1CO1. The predicted molar refractivity (Wildman–Crippen MR) is 44.2 cm³/mol. The number of esters is 1. The van der Waals surface area contributed by atoms with Crippen molar-refractivity contribution in [2.45, 2.75) is 18.6 Å². The molecule has 0 amide bonds. The molecule has 0 aromatic heterocycles. The molecule has 2 heterocycles. The van der Waals surface area contributed by atoms with E-state index in [0.717, 1.165) is 13.0 Å². The standard InChI is InChI=1S/C9H12O4/c10-9(13-6-8-5-12-8)3-1-2-7-4-11-7/h1,3,7-8H,2,4-6H2. The fourth-order valence-corrected chi connectivity index (χ4v) is 0.908. The summed E-state index contributed by atoms with van der Waals surface area (Å²) in [6.07, 6.45) is 4.51. The minimum atomic E-state index is -0.295. The van der Waals surface area contributed by atoms with Crippen molar-refractivity contribution < 1.29 is 19.0 Å². The van der Waals surface area contributed by atoms with Gasteiger partial charge in [-0.15, -0.1) is 0 Å². The first-order chi connectivity index (χ1) is 6.34. The molecule has 4 nitrogen and oxygen atoms in total. The summed E-state index contributed by atoms with van der Waals surface area (Å²) in [6.45, 7) is 1.91. The number of hydrogen-bond donors (Lipinski definition) is 0. The zero-order valence-electron chi connectivity index (χ0n) is 7.27. The number of carbonyl (C=O) groups is 1. The minimum absolute atomic E-state index is 0.143. The lowest BCUT2D eigenvalue weighted by atomic mass is 10.3. The zero-order valence-corrected chi connectivity index (χ0v) is 7.27. The van der Waals surface area contributed by atoms with Crippen molar-refractivity contribution in [2.75, 3.05) is 19.8 Å². The van der Waals surface area contributed by atoms with Crippen molar-refractivity contribution in [3.05, 3.63) is 12.2 Å². The Morgan fingerprint density at radius 2 is 2.08 bits per heavy atom. The third kappa shape index (κ3) is 3.57. The highest BCUT2D eigenvalue weighted by Crippen LogP contribution is 2.13. The molecule has 2 aliphatic rings. The molecule has 2 fully saturated rings. The summed E-state index contributed by atoms with van der Waals surface area (Å²) >= 11 is 0. The van der Waals surface area contributed by atoms with Gasteiger partial charge >= 0.3 is 5.97 Å². The summed E-state index contributed by atoms with van der Waals surface area (Å²) in [6, 6.07) is 0. The molecule has 2 rings (SSSR count). The van der Waals surface area contributed by atoms with Crippen LogP contribution in [-0.4, -0.2) is 38.0 Å². The van der Waals surface area contributed by atoms with Crippen molar-refractivity contribution in [2.24, 2.45) is 0 Å². The third-order valence-electron chi connectivity index (χ3n) is 1.87. The Balaban J connectivity index is 1.55. The van der Waals surface area contributed by atoms with Crippen LogP contribution in [0.3, 0.4) is 0 Å². The lowest BCUT2D eigenvalue weighted by Crippen LogP contribution is -2.06. The van der Waals surface area contributed by atoms with Crippen LogP contribution in [-0.2, 0) is 19.0 Å². The summed E-state index contributed by atoms with van der Waals surface area (Å²) < 4.78 is 14.7. The Morgan fingerprint density at radius 1 is 1.38 bits per heavy atom. The van der Waals surface area contributed by atoms with E-state index >= 15 is 0 Å². The van der Waals surface area contributed by atoms with E-state index in [1.165, 1.54) is 6.08 Å². The average molecular weight is 184 g/mol. The molecule has 2 atom stereocenters. The number of rotatable bonds is 5. The van der Waals surface area contributed by atoms with Crippen molar-refractivity contribution in [1.29, 1.82) is 0 Å². The van der Waals surface area contributed by atoms with E-state index in [4.69, 9.17) is 14.2 Å². The second-order valence-corrected chi connectivity index (χ2v) is 3.18. The van der Waals surface area contributed by atoms with Crippen LogP contribution in [0.15, 0.2) is 12.2 Å². The summed E-state index contributed by atoms with van der Waals surface area (Å²) in [5.41, 5.74) is 0. The van der Waals surface area contributed by atoms with Crippen molar-refractivity contribution in [3.63, 3.8) is 0 Å². The van der Waals surface area contributed by atoms with E-state index in [9.17, 15) is 4.79 Å². The number of ether oxygens (including phenoxy) is 3. The van der Waals surface area contributed by atoms with Crippen LogP contribution in [0.5, 0.6) is 0 Å². The van der Waals surface area contributed by atoms with Crippen LogP contribution >= 0.6 is 0 Å². The first-order valence-corrected chi connectivity index (χ1v) is 4.41. The average Bonchev–Trinajstić information content (AvgIpc) is 2.97. The van der Waals surface area contributed by atoms with Gasteiger partial charge in [0.05, 0.1) is 19.3 Å². The molecule has 0 aliphatic carbocycles. The summed E-state index contributed by atoms with van der Waals surface area (Å²) in [5.74, 6) is -0.295. The van der Waals surface area contributed by atoms with Gasteiger partial charge in [-0.3, -0.25) is 0 Å². The largest absolute Gasteiger partial charge is 0.460 e. The monoisotopic (exact) mass is 184 g/mol. The van der Waals surface area contributed by atoms with E-state index in [-0.39, 0.29) is 12.1 Å². The Morgan fingerprint density at radius 3 is 2.69 bits per heavy atom. The Bertz CT molecular complexity index is 216. The molecule has 0 saturated carbocycles. The minimum Gasteiger partial charge on any atom is -0.460 e. The summed E-state index contributed by atoms with van der Waals surface area (Å²) in [7, 11) is 0. The lowest BCUT2D eigenvalue weighted by molar-refractivity contribution is -0.138. The normalized spacial score (nSPS) is 30.5. The van der Waals surface area contributed by atoms with E-state index in [1.54, 1.807) is 6.08 Å². The van der Waals surface area contributed by atoms with Gasteiger partial charge in [-0.1, -0.05) is 6.08 Å². The van der Waals surface area contributed by atoms with Crippen LogP contribution in [0.2, 0.25) is 0 Å². The van der Waals surface area contributed by atoms with E-state index in [1.807, 2.05) is 0 Å². The highest BCUT2D eigenvalue weighted by Gasteiger charge is 2.24. The first-order valence-electron chi connectivity index (χ1n) is 4.41. The van der Waals surface area contributed by atoms with E-state index in [2.05, 4.69) is 0 Å². The Kier molecular flexibility index (Phi) is 2.61. The molecule has 0 spiro atoms. The quantitative estimate of drug-likeness (QED) is 0.349. The molecule has 2 unspecified atom stereocenters. The molecule has 13 heavy (non-hydrogen) atoms. The van der Waals surface area contributed by atoms with E-state index < -0.39 is 0 Å². The van der Waals surface area contributed by atoms with Crippen LogP contribution in [0.4, 0.5) is 0 Å². The molecule has 0 aromatic carbocycles. The maximum atomic E-state index is 11.0. The topological polar surface area (TPSA) is 51.4 Å². The van der Waals surface area contributed by atoms with Crippen molar-refractivity contribution in [1.82, 2.24) is 0 Å². The molecule has 0 radical (unpaired) electrons. The van der Waals surface area contributed by atoms with Gasteiger partial charge in [0.15, 0.2) is 0 Å². The van der Waals surface area contributed by atoms with E-state index in [0.29, 0.717) is 19.3 Å². The maximum Gasteiger partial charge on any atom is 0.330 e. The van der Waals surface area contributed by atoms with Gasteiger partial charge in [0, 0.05) is 6.08 Å². The molecule has 0 aromatic rings. The summed E-state index contributed by atoms with van der Waals surface area (Å²) in [5, 5.41) is 0. The maximum absolute atomic E-state index is 11.0. The highest BCUT2D eigenvalue weighted by molar-refractivity contribution is 5.81. The molecule has 2 saturated heterocycles. The highest BCUT2D eigenvalue weighted by atomic mass is 16.6. The van der Waals surface area contributed by atoms with Gasteiger partial charge in [0.25, 0.3) is 0 Å². The van der Waals surface area contributed by atoms with Crippen molar-refractivity contribution >= 4 is 5.97 Å². The van der Waals surface area contributed by atoms with Gasteiger partial charge in [0.1, 0.15) is 12.7 Å². The van der Waals surface area contributed by atoms with Gasteiger partial charge in [-0.25, -0.2) is 4.79 Å². The van der Waals surface area contributed by atoms with Gasteiger partial charge in [-0.2, -0.15) is 0 Å². The second kappa shape index (κ2) is 3.89. The Labute approximate surface area is 76.5 Å². The number of carbonyl (C=O) groups excluding carboxylic acids is 1. The number of hydrogen-bond acceptors (Lipinski definition) is 4. The smallest absolute Gasteiger partial charge is 0.330 e. The molecule has 4 heteroatoms. The molecule has 0 N–H and O–H groups in total. The molecule has 0 bridgehead atoms. The Hall–Kier alpha value is -0.870. The van der Waals surface area contributed by atoms with Gasteiger partial charge < -0.3 is 14.2 Å². The van der Waals surface area contributed by atoms with Crippen LogP contribution in [0, 0.1) is 0 Å². The molecular formula is C9H12O4. The fraction of sp³-hybridized carbons (Fsp3) is 0.667. The first kappa shape index (κ1) is 8.72. The van der Waals surface area contributed by atoms with Crippen molar-refractivity contribution in [3.8, 4) is 0 Å². The fourth-order valence-electron chi connectivity index (χ4n) is 0.908. The second-order valence-electron chi connectivity index (χ2n) is 3.18. The van der Waals surface area contributed by atoms with Gasteiger partial charge in [0.2, 0.25) is 0 Å². The molecular weight excluding hydrogens is 172 g/mol. The van der Waals surface area contributed by atoms with Crippen LogP contribution in [0.1, 0.15) is 6.42 Å². The molecule has 72 valence electrons. The third-order valence-corrected chi connectivity index (χ3v) is 1.87. The molecule has 2 aliphatic heterocycles. The lowest BCUT2D eigenvalue weighted by Gasteiger charge is -1.96. The van der Waals surface area contributed by atoms with Crippen LogP contribution in [0.25, 0.3) is 0 Å². The predicted octanol–water partition coefficient (Wildman–Crippen LogP) is 0.273. The zero-order chi connectivity index (χ0) is 9.10.